The van der Waals surface area contributed by atoms with Crippen LogP contribution in [0.5, 0.6) is 0 Å². The van der Waals surface area contributed by atoms with Gasteiger partial charge in [-0.1, -0.05) is 37.3 Å². The third-order valence-corrected chi connectivity index (χ3v) is 3.03. The monoisotopic (exact) mass is 269 g/mol. The number of amides is 1. The second kappa shape index (κ2) is 6.70. The van der Waals surface area contributed by atoms with E-state index in [1.54, 1.807) is 12.3 Å². The SMILES string of the molecule is CCC(=O)Nc1ccc(NC(C)c2ccccc2)cn1. The predicted octanol–water partition coefficient (Wildman–Crippen LogP) is 3.60. The Morgan fingerprint density at radius 1 is 1.20 bits per heavy atom. The molecule has 0 saturated heterocycles. The van der Waals surface area contributed by atoms with Gasteiger partial charge in [0, 0.05) is 12.5 Å². The topological polar surface area (TPSA) is 54.0 Å². The molecule has 1 unspecified atom stereocenters. The largest absolute Gasteiger partial charge is 0.377 e. The molecule has 0 radical (unpaired) electrons. The molecule has 0 bridgehead atoms. The molecule has 4 nitrogen and oxygen atoms in total. The average molecular weight is 269 g/mol. The van der Waals surface area contributed by atoms with Gasteiger partial charge in [-0.3, -0.25) is 4.79 Å². The van der Waals surface area contributed by atoms with Crippen molar-refractivity contribution in [1.82, 2.24) is 4.98 Å². The first-order chi connectivity index (χ1) is 9.69. The number of benzene rings is 1. The van der Waals surface area contributed by atoms with Gasteiger partial charge in [-0.2, -0.15) is 0 Å². The van der Waals surface area contributed by atoms with E-state index in [-0.39, 0.29) is 11.9 Å². The molecule has 104 valence electrons. The Labute approximate surface area is 119 Å². The summed E-state index contributed by atoms with van der Waals surface area (Å²) >= 11 is 0. The highest BCUT2D eigenvalue weighted by molar-refractivity contribution is 5.89. The average Bonchev–Trinajstić information content (AvgIpc) is 2.50. The maximum atomic E-state index is 11.3. The van der Waals surface area contributed by atoms with Crippen LogP contribution in [0.2, 0.25) is 0 Å². The smallest absolute Gasteiger partial charge is 0.225 e. The van der Waals surface area contributed by atoms with Crippen molar-refractivity contribution in [1.29, 1.82) is 0 Å². The van der Waals surface area contributed by atoms with Crippen molar-refractivity contribution in [3.05, 3.63) is 54.2 Å². The van der Waals surface area contributed by atoms with Crippen LogP contribution < -0.4 is 10.6 Å². The van der Waals surface area contributed by atoms with E-state index < -0.39 is 0 Å². The number of rotatable bonds is 5. The van der Waals surface area contributed by atoms with E-state index in [0.29, 0.717) is 12.2 Å². The Kier molecular flexibility index (Phi) is 4.71. The summed E-state index contributed by atoms with van der Waals surface area (Å²) in [6.07, 6.45) is 2.18. The van der Waals surface area contributed by atoms with E-state index in [4.69, 9.17) is 0 Å². The van der Waals surface area contributed by atoms with Crippen molar-refractivity contribution < 1.29 is 4.79 Å². The molecule has 1 amide bonds. The number of hydrogen-bond donors (Lipinski definition) is 2. The van der Waals surface area contributed by atoms with Gasteiger partial charge in [0.15, 0.2) is 0 Å². The molecule has 0 saturated carbocycles. The summed E-state index contributed by atoms with van der Waals surface area (Å²) in [6, 6.07) is 14.1. The van der Waals surface area contributed by atoms with Crippen LogP contribution in [0.1, 0.15) is 31.9 Å². The minimum atomic E-state index is -0.0316. The second-order valence-corrected chi connectivity index (χ2v) is 4.61. The molecule has 0 aliphatic heterocycles. The lowest BCUT2D eigenvalue weighted by atomic mass is 10.1. The van der Waals surface area contributed by atoms with Crippen molar-refractivity contribution >= 4 is 17.4 Å². The Balaban J connectivity index is 1.98. The van der Waals surface area contributed by atoms with E-state index in [9.17, 15) is 4.79 Å². The van der Waals surface area contributed by atoms with Crippen LogP contribution >= 0.6 is 0 Å². The number of aromatic nitrogens is 1. The van der Waals surface area contributed by atoms with E-state index in [2.05, 4.69) is 34.7 Å². The molecule has 1 aromatic heterocycles. The molecular weight excluding hydrogens is 250 g/mol. The lowest BCUT2D eigenvalue weighted by Crippen LogP contribution is -2.11. The maximum Gasteiger partial charge on any atom is 0.225 e. The van der Waals surface area contributed by atoms with Gasteiger partial charge in [-0.05, 0) is 24.6 Å². The first kappa shape index (κ1) is 14.1. The number of nitrogens with zero attached hydrogens (tertiary/aromatic N) is 1. The highest BCUT2D eigenvalue weighted by atomic mass is 16.1. The van der Waals surface area contributed by atoms with Crippen molar-refractivity contribution in [3.63, 3.8) is 0 Å². The Hall–Kier alpha value is -2.36. The summed E-state index contributed by atoms with van der Waals surface area (Å²) in [6.45, 7) is 3.91. The van der Waals surface area contributed by atoms with Crippen LogP contribution in [0.4, 0.5) is 11.5 Å². The quantitative estimate of drug-likeness (QED) is 0.872. The lowest BCUT2D eigenvalue weighted by Gasteiger charge is -2.15. The fourth-order valence-corrected chi connectivity index (χ4v) is 1.86. The zero-order valence-electron chi connectivity index (χ0n) is 11.8. The fraction of sp³-hybridized carbons (Fsp3) is 0.250. The van der Waals surface area contributed by atoms with Crippen LogP contribution in [0.3, 0.4) is 0 Å². The third kappa shape index (κ3) is 3.82. The van der Waals surface area contributed by atoms with Crippen LogP contribution in [-0.4, -0.2) is 10.9 Å². The number of pyridine rings is 1. The first-order valence-electron chi connectivity index (χ1n) is 6.76. The first-order valence-corrected chi connectivity index (χ1v) is 6.76. The number of nitrogens with one attached hydrogen (secondary N) is 2. The molecule has 2 rings (SSSR count). The van der Waals surface area contributed by atoms with E-state index in [1.165, 1.54) is 5.56 Å². The summed E-state index contributed by atoms with van der Waals surface area (Å²) < 4.78 is 0. The highest BCUT2D eigenvalue weighted by Gasteiger charge is 2.05. The summed E-state index contributed by atoms with van der Waals surface area (Å²) in [5.41, 5.74) is 2.15. The summed E-state index contributed by atoms with van der Waals surface area (Å²) in [5.74, 6) is 0.547. The van der Waals surface area contributed by atoms with Crippen LogP contribution in [0.25, 0.3) is 0 Å². The molecule has 1 atom stereocenters. The molecule has 0 spiro atoms. The minimum Gasteiger partial charge on any atom is -0.377 e. The predicted molar refractivity (Wildman–Crippen MR) is 81.6 cm³/mol. The van der Waals surface area contributed by atoms with Gasteiger partial charge in [0.1, 0.15) is 5.82 Å². The number of hydrogen-bond acceptors (Lipinski definition) is 3. The number of anilines is 2. The van der Waals surface area contributed by atoms with Crippen molar-refractivity contribution in [2.45, 2.75) is 26.3 Å². The number of carbonyl (C=O) groups excluding carboxylic acids is 1. The van der Waals surface area contributed by atoms with Crippen LogP contribution in [0, 0.1) is 0 Å². The fourth-order valence-electron chi connectivity index (χ4n) is 1.86. The van der Waals surface area contributed by atoms with Crippen molar-refractivity contribution in [3.8, 4) is 0 Å². The molecule has 0 fully saturated rings. The Morgan fingerprint density at radius 3 is 2.55 bits per heavy atom. The normalized spacial score (nSPS) is 11.7. The van der Waals surface area contributed by atoms with Gasteiger partial charge in [0.05, 0.1) is 11.9 Å². The van der Waals surface area contributed by atoms with Crippen molar-refractivity contribution in [2.75, 3.05) is 10.6 Å². The van der Waals surface area contributed by atoms with E-state index >= 15 is 0 Å². The molecule has 0 aliphatic rings. The zero-order valence-corrected chi connectivity index (χ0v) is 11.8. The van der Waals surface area contributed by atoms with Gasteiger partial charge in [-0.25, -0.2) is 4.98 Å². The molecule has 1 heterocycles. The Morgan fingerprint density at radius 2 is 1.95 bits per heavy atom. The molecule has 2 N–H and O–H groups in total. The second-order valence-electron chi connectivity index (χ2n) is 4.61. The van der Waals surface area contributed by atoms with Gasteiger partial charge in [0.25, 0.3) is 0 Å². The maximum absolute atomic E-state index is 11.3. The molecule has 0 aliphatic carbocycles. The summed E-state index contributed by atoms with van der Waals surface area (Å²) in [7, 11) is 0. The Bertz CT molecular complexity index is 552. The standard InChI is InChI=1S/C16H19N3O/c1-3-16(20)19-15-10-9-14(11-17-15)18-12(2)13-7-5-4-6-8-13/h4-12,18H,3H2,1-2H3,(H,17,19,20). The third-order valence-electron chi connectivity index (χ3n) is 3.03. The van der Waals surface area contributed by atoms with Crippen LogP contribution in [-0.2, 0) is 4.79 Å². The molecule has 4 heteroatoms. The summed E-state index contributed by atoms with van der Waals surface area (Å²) in [4.78, 5) is 15.5. The highest BCUT2D eigenvalue weighted by Crippen LogP contribution is 2.19. The van der Waals surface area contributed by atoms with Crippen LogP contribution in [0.15, 0.2) is 48.7 Å². The van der Waals surface area contributed by atoms with Gasteiger partial charge in [0.2, 0.25) is 5.91 Å². The number of carbonyl (C=O) groups is 1. The minimum absolute atomic E-state index is 0.0316. The zero-order chi connectivity index (χ0) is 14.4. The molecule has 2 aromatic rings. The molecule has 20 heavy (non-hydrogen) atoms. The van der Waals surface area contributed by atoms with Gasteiger partial charge < -0.3 is 10.6 Å². The van der Waals surface area contributed by atoms with Gasteiger partial charge >= 0.3 is 0 Å². The van der Waals surface area contributed by atoms with E-state index in [1.807, 2.05) is 31.2 Å². The lowest BCUT2D eigenvalue weighted by molar-refractivity contribution is -0.115. The van der Waals surface area contributed by atoms with Gasteiger partial charge in [-0.15, -0.1) is 0 Å². The molecular formula is C16H19N3O. The molecule has 1 aromatic carbocycles. The summed E-state index contributed by atoms with van der Waals surface area (Å²) in [5, 5.41) is 6.10. The van der Waals surface area contributed by atoms with Crippen molar-refractivity contribution in [2.24, 2.45) is 0 Å². The van der Waals surface area contributed by atoms with E-state index in [0.717, 1.165) is 5.69 Å².